The first-order valence-corrected chi connectivity index (χ1v) is 14.3. The van der Waals surface area contributed by atoms with Crippen molar-refractivity contribution < 1.29 is 9.53 Å². The number of rotatable bonds is 3. The Kier molecular flexibility index (Phi) is 6.51. The van der Waals surface area contributed by atoms with Crippen molar-refractivity contribution in [2.45, 2.75) is 81.9 Å². The third-order valence-electron chi connectivity index (χ3n) is 7.82. The van der Waals surface area contributed by atoms with Gasteiger partial charge in [0.2, 0.25) is 0 Å². The van der Waals surface area contributed by atoms with Crippen LogP contribution in [0.2, 0.25) is 0 Å². The predicted molar refractivity (Wildman–Crippen MR) is 147 cm³/mol. The summed E-state index contributed by atoms with van der Waals surface area (Å²) in [6, 6.07) is 8.44. The van der Waals surface area contributed by atoms with Gasteiger partial charge in [-0.05, 0) is 71.9 Å². The summed E-state index contributed by atoms with van der Waals surface area (Å²) in [6.07, 6.45) is 6.83. The lowest BCUT2D eigenvalue weighted by atomic mass is 9.66. The molecule has 196 valence electrons. The minimum absolute atomic E-state index is 0.0111. The number of fused-ring (bicyclic) bond motifs is 2. The molecule has 2 fully saturated rings. The van der Waals surface area contributed by atoms with Gasteiger partial charge in [0.05, 0.1) is 11.6 Å². The van der Waals surface area contributed by atoms with E-state index in [0.717, 1.165) is 41.6 Å². The van der Waals surface area contributed by atoms with E-state index in [1.807, 2.05) is 44.1 Å². The Labute approximate surface area is 224 Å². The molecule has 1 amide bonds. The molecule has 8 nitrogen and oxygen atoms in total. The molecular weight excluding hydrogens is 484 g/mol. The number of ether oxygens (including phenoxy) is 1. The number of nitriles is 1. The Hall–Kier alpha value is -2.99. The smallest absolute Gasteiger partial charge is 0.410 e. The van der Waals surface area contributed by atoms with Crippen molar-refractivity contribution in [1.29, 1.82) is 5.26 Å². The maximum Gasteiger partial charge on any atom is 0.410 e. The Morgan fingerprint density at radius 1 is 1.14 bits per heavy atom. The predicted octanol–water partition coefficient (Wildman–Crippen LogP) is 5.48. The molecule has 0 bridgehead atoms. The number of hydrogen-bond donors (Lipinski definition) is 0. The van der Waals surface area contributed by atoms with E-state index < -0.39 is 5.60 Å². The van der Waals surface area contributed by atoms with E-state index in [1.54, 1.807) is 18.1 Å². The molecule has 2 atom stereocenters. The number of nitrogens with zero attached hydrogens (tertiary/aromatic N) is 6. The average molecular weight is 521 g/mol. The van der Waals surface area contributed by atoms with Crippen LogP contribution in [0, 0.1) is 11.3 Å². The summed E-state index contributed by atoms with van der Waals surface area (Å²) in [6.45, 7) is 12.0. The zero-order valence-electron chi connectivity index (χ0n) is 22.6. The molecule has 1 saturated carbocycles. The first-order valence-electron chi connectivity index (χ1n) is 13.0. The van der Waals surface area contributed by atoms with Gasteiger partial charge in [0.15, 0.2) is 0 Å². The Morgan fingerprint density at radius 3 is 2.49 bits per heavy atom. The second-order valence-electron chi connectivity index (χ2n) is 11.6. The monoisotopic (exact) mass is 520 g/mol. The molecule has 2 aromatic rings. The van der Waals surface area contributed by atoms with Gasteiger partial charge >= 0.3 is 6.09 Å². The van der Waals surface area contributed by atoms with Crippen LogP contribution in [0.1, 0.15) is 65.0 Å². The van der Waals surface area contributed by atoms with E-state index in [0.29, 0.717) is 18.7 Å². The number of carbonyl (C=O) groups excluding carboxylic acids is 1. The molecule has 1 spiro atoms. The molecule has 2 aliphatic heterocycles. The summed E-state index contributed by atoms with van der Waals surface area (Å²) >= 11 is 1.64. The topological polar surface area (TPSA) is 85.6 Å². The summed E-state index contributed by atoms with van der Waals surface area (Å²) in [7, 11) is 0. The second kappa shape index (κ2) is 9.39. The lowest BCUT2D eigenvalue weighted by Crippen LogP contribution is -2.59. The van der Waals surface area contributed by atoms with Crippen molar-refractivity contribution in [1.82, 2.24) is 14.9 Å². The van der Waals surface area contributed by atoms with Crippen molar-refractivity contribution in [2.75, 3.05) is 35.7 Å². The second-order valence-corrected chi connectivity index (χ2v) is 12.5. The SMILES string of the molecule is CSc1cc(C#N)cc(N2CC3(CCC3)c3c2ncnc3N2C[C@@H](C)N(C(=O)OC(C)(C)C)C[C@@H]2C)c1. The van der Waals surface area contributed by atoms with Gasteiger partial charge in [-0.1, -0.05) is 6.42 Å². The fraction of sp³-hybridized carbons (Fsp3) is 0.571. The number of benzene rings is 1. The highest BCUT2D eigenvalue weighted by Gasteiger charge is 2.51. The summed E-state index contributed by atoms with van der Waals surface area (Å²) in [4.78, 5) is 30.1. The molecule has 1 saturated heterocycles. The van der Waals surface area contributed by atoms with Crippen LogP contribution in [-0.2, 0) is 10.2 Å². The van der Waals surface area contributed by atoms with Gasteiger partial charge in [-0.15, -0.1) is 11.8 Å². The van der Waals surface area contributed by atoms with Gasteiger partial charge in [-0.25, -0.2) is 14.8 Å². The van der Waals surface area contributed by atoms with Gasteiger partial charge in [-0.3, -0.25) is 0 Å². The lowest BCUT2D eigenvalue weighted by Gasteiger charge is -2.46. The number of aromatic nitrogens is 2. The molecule has 0 radical (unpaired) electrons. The molecule has 1 aliphatic carbocycles. The first kappa shape index (κ1) is 25.7. The van der Waals surface area contributed by atoms with Crippen molar-refractivity contribution >= 4 is 35.2 Å². The number of thioether (sulfide) groups is 1. The highest BCUT2D eigenvalue weighted by atomic mass is 32.2. The zero-order valence-corrected chi connectivity index (χ0v) is 23.4. The van der Waals surface area contributed by atoms with E-state index in [-0.39, 0.29) is 23.6 Å². The highest BCUT2D eigenvalue weighted by molar-refractivity contribution is 7.98. The minimum Gasteiger partial charge on any atom is -0.444 e. The molecule has 9 heteroatoms. The summed E-state index contributed by atoms with van der Waals surface area (Å²) < 4.78 is 5.68. The Morgan fingerprint density at radius 2 is 1.86 bits per heavy atom. The van der Waals surface area contributed by atoms with Gasteiger partial charge in [-0.2, -0.15) is 5.26 Å². The van der Waals surface area contributed by atoms with Crippen LogP contribution in [0.15, 0.2) is 29.4 Å². The van der Waals surface area contributed by atoms with Crippen LogP contribution in [0.3, 0.4) is 0 Å². The van der Waals surface area contributed by atoms with Crippen LogP contribution in [0.4, 0.5) is 22.1 Å². The molecular formula is C28H36N6O2S. The maximum absolute atomic E-state index is 12.9. The van der Waals surface area contributed by atoms with Crippen LogP contribution in [-0.4, -0.2) is 64.5 Å². The number of hydrogen-bond acceptors (Lipinski definition) is 8. The fourth-order valence-corrected chi connectivity index (χ4v) is 6.35. The summed E-state index contributed by atoms with van der Waals surface area (Å²) in [5, 5.41) is 9.62. The summed E-state index contributed by atoms with van der Waals surface area (Å²) in [5.74, 6) is 1.93. The van der Waals surface area contributed by atoms with E-state index in [1.165, 1.54) is 12.0 Å². The Bertz CT molecular complexity index is 1250. The third-order valence-corrected chi connectivity index (χ3v) is 8.53. The van der Waals surface area contributed by atoms with Crippen LogP contribution >= 0.6 is 11.8 Å². The zero-order chi connectivity index (χ0) is 26.5. The normalized spacial score (nSPS) is 22.5. The summed E-state index contributed by atoms with van der Waals surface area (Å²) in [5.41, 5.74) is 2.38. The molecule has 1 aromatic heterocycles. The average Bonchev–Trinajstić information content (AvgIpc) is 3.20. The molecule has 1 aromatic carbocycles. The fourth-order valence-electron chi connectivity index (χ4n) is 5.86. The molecule has 3 aliphatic rings. The molecule has 0 N–H and O–H groups in total. The largest absolute Gasteiger partial charge is 0.444 e. The van der Waals surface area contributed by atoms with Gasteiger partial charge in [0.1, 0.15) is 23.6 Å². The standard InChI is InChI=1S/C28H36N6O2S/c1-18-15-33(26(35)36-27(3,4)5)19(2)14-32(18)24-23-25(31-17-30-24)34(16-28(23)8-7-9-28)21-10-20(13-29)11-22(12-21)37-6/h10-12,17-19H,7-9,14-16H2,1-6H3/t18-,19+/m0/s1. The number of piperazine rings is 1. The van der Waals surface area contributed by atoms with Crippen LogP contribution < -0.4 is 9.80 Å². The molecule has 3 heterocycles. The minimum atomic E-state index is -0.524. The number of amides is 1. The van der Waals surface area contributed by atoms with Gasteiger partial charge in [0.25, 0.3) is 0 Å². The van der Waals surface area contributed by atoms with Crippen molar-refractivity contribution in [3.63, 3.8) is 0 Å². The number of anilines is 3. The van der Waals surface area contributed by atoms with Gasteiger partial charge in [0, 0.05) is 53.3 Å². The third kappa shape index (κ3) is 4.61. The van der Waals surface area contributed by atoms with E-state index in [4.69, 9.17) is 14.7 Å². The van der Waals surface area contributed by atoms with Gasteiger partial charge < -0.3 is 19.4 Å². The van der Waals surface area contributed by atoms with Crippen LogP contribution in [0.25, 0.3) is 0 Å². The van der Waals surface area contributed by atoms with E-state index in [2.05, 4.69) is 35.8 Å². The molecule has 0 unspecified atom stereocenters. The Balaban J connectivity index is 1.50. The quantitative estimate of drug-likeness (QED) is 0.492. The van der Waals surface area contributed by atoms with Crippen molar-refractivity contribution in [2.24, 2.45) is 0 Å². The van der Waals surface area contributed by atoms with E-state index in [9.17, 15) is 10.1 Å². The maximum atomic E-state index is 12.9. The highest BCUT2D eigenvalue weighted by Crippen LogP contribution is 2.56. The van der Waals surface area contributed by atoms with E-state index >= 15 is 0 Å². The lowest BCUT2D eigenvalue weighted by molar-refractivity contribution is 0.0129. The number of carbonyl (C=O) groups is 1. The first-order chi connectivity index (χ1) is 17.5. The molecule has 37 heavy (non-hydrogen) atoms. The van der Waals surface area contributed by atoms with Crippen molar-refractivity contribution in [3.8, 4) is 6.07 Å². The van der Waals surface area contributed by atoms with Crippen LogP contribution in [0.5, 0.6) is 0 Å². The van der Waals surface area contributed by atoms with Crippen molar-refractivity contribution in [3.05, 3.63) is 35.7 Å². The molecule has 5 rings (SSSR count).